The maximum absolute atomic E-state index is 13.5. The minimum absolute atomic E-state index is 0.387. The number of ether oxygens (including phenoxy) is 2. The molecule has 2 unspecified atom stereocenters. The van der Waals surface area contributed by atoms with Crippen molar-refractivity contribution in [1.29, 1.82) is 0 Å². The highest BCUT2D eigenvalue weighted by molar-refractivity contribution is 5.94. The first kappa shape index (κ1) is 30.7. The number of hydrogen-bond donors (Lipinski definition) is 1. The molecule has 1 fully saturated rings. The minimum atomic E-state index is -0.457. The van der Waals surface area contributed by atoms with Gasteiger partial charge in [-0.1, -0.05) is 74.9 Å². The summed E-state index contributed by atoms with van der Waals surface area (Å²) in [5, 5.41) is 3.50. The summed E-state index contributed by atoms with van der Waals surface area (Å²) in [5.41, 5.74) is 9.41. The molecule has 45 heavy (non-hydrogen) atoms. The summed E-state index contributed by atoms with van der Waals surface area (Å²) in [7, 11) is 1.56. The van der Waals surface area contributed by atoms with Crippen molar-refractivity contribution in [2.45, 2.75) is 67.2 Å². The summed E-state index contributed by atoms with van der Waals surface area (Å²) in [4.78, 5) is 18.7. The van der Waals surface area contributed by atoms with Crippen LogP contribution in [0, 0.1) is 44.4 Å². The van der Waals surface area contributed by atoms with E-state index in [1.165, 1.54) is 35.1 Å². The third-order valence-corrected chi connectivity index (χ3v) is 9.96. The third-order valence-electron chi connectivity index (χ3n) is 9.96. The van der Waals surface area contributed by atoms with Gasteiger partial charge in [0.1, 0.15) is 11.3 Å². The molecule has 1 saturated carbocycles. The lowest BCUT2D eigenvalue weighted by molar-refractivity contribution is 0.0719. The first-order chi connectivity index (χ1) is 21.6. The van der Waals surface area contributed by atoms with E-state index >= 15 is 0 Å². The number of nitrogens with one attached hydrogen (secondary N) is 1. The van der Waals surface area contributed by atoms with Crippen LogP contribution in [0.4, 0.5) is 0 Å². The molecule has 6 heteroatoms. The number of nitrogens with zero attached hydrogens (tertiary/aromatic N) is 2. The van der Waals surface area contributed by atoms with Crippen LogP contribution in [-0.4, -0.2) is 27.7 Å². The highest BCUT2D eigenvalue weighted by Gasteiger charge is 2.34. The quantitative estimate of drug-likeness (QED) is 0.180. The number of carbonyl (C=O) groups excluding carboxylic acids is 1. The van der Waals surface area contributed by atoms with Crippen LogP contribution in [0.2, 0.25) is 0 Å². The fourth-order valence-corrected chi connectivity index (χ4v) is 7.56. The van der Waals surface area contributed by atoms with Gasteiger partial charge in [0.15, 0.2) is 11.5 Å². The molecular formula is C39H45N3O3. The molecule has 0 amide bonds. The number of esters is 1. The summed E-state index contributed by atoms with van der Waals surface area (Å²) in [6, 6.07) is 22.3. The Morgan fingerprint density at radius 3 is 2.47 bits per heavy atom. The maximum atomic E-state index is 13.5. The number of aromatic nitrogens is 3. The second-order valence-corrected chi connectivity index (χ2v) is 13.4. The molecule has 6 nitrogen and oxygen atoms in total. The number of H-pyrrole nitrogens is 1. The van der Waals surface area contributed by atoms with Crippen LogP contribution in [0.15, 0.2) is 66.7 Å². The van der Waals surface area contributed by atoms with Crippen molar-refractivity contribution >= 4 is 11.6 Å². The summed E-state index contributed by atoms with van der Waals surface area (Å²) in [6.07, 6.45) is 4.22. The largest absolute Gasteiger partial charge is 0.496 e. The van der Waals surface area contributed by atoms with E-state index in [-0.39, 0.29) is 0 Å². The van der Waals surface area contributed by atoms with Crippen LogP contribution in [0.5, 0.6) is 11.6 Å². The van der Waals surface area contributed by atoms with E-state index in [1.807, 2.05) is 23.6 Å². The molecule has 0 aliphatic heterocycles. The fourth-order valence-electron chi connectivity index (χ4n) is 7.56. The van der Waals surface area contributed by atoms with E-state index in [1.54, 1.807) is 19.2 Å². The van der Waals surface area contributed by atoms with Gasteiger partial charge in [-0.2, -0.15) is 0 Å². The predicted molar refractivity (Wildman–Crippen MR) is 180 cm³/mol. The summed E-state index contributed by atoms with van der Waals surface area (Å²) in [6.45, 7) is 13.5. The number of rotatable bonds is 8. The van der Waals surface area contributed by atoms with E-state index in [9.17, 15) is 4.79 Å². The molecule has 6 rings (SSSR count). The molecule has 0 saturated heterocycles. The fraction of sp³-hybridized carbons (Fsp3) is 0.385. The topological polar surface area (TPSA) is 68.6 Å². The number of methoxy groups -OCH3 is 1. The van der Waals surface area contributed by atoms with Crippen molar-refractivity contribution in [3.63, 3.8) is 0 Å². The van der Waals surface area contributed by atoms with E-state index < -0.39 is 5.97 Å². The number of carbonyl (C=O) groups is 1. The lowest BCUT2D eigenvalue weighted by atomic mass is 9.67. The Morgan fingerprint density at radius 1 is 0.956 bits per heavy atom. The second-order valence-electron chi connectivity index (χ2n) is 13.4. The predicted octanol–water partition coefficient (Wildman–Crippen LogP) is 8.93. The monoisotopic (exact) mass is 603 g/mol. The summed E-state index contributed by atoms with van der Waals surface area (Å²) < 4.78 is 13.5. The number of aryl methyl sites for hydroxylation is 2. The van der Waals surface area contributed by atoms with E-state index in [0.717, 1.165) is 46.9 Å². The van der Waals surface area contributed by atoms with E-state index in [2.05, 4.69) is 82.2 Å². The van der Waals surface area contributed by atoms with Gasteiger partial charge in [-0.05, 0) is 105 Å². The Bertz CT molecular complexity index is 1840. The molecule has 1 aliphatic rings. The zero-order chi connectivity index (χ0) is 31.8. The third kappa shape index (κ3) is 6.15. The Labute approximate surface area is 266 Å². The van der Waals surface area contributed by atoms with Crippen LogP contribution in [0.25, 0.3) is 17.0 Å². The van der Waals surface area contributed by atoms with Crippen molar-refractivity contribution in [3.8, 4) is 23.0 Å². The SMILES string of the molecule is COc1ccccc1C(=O)Oc1c(C)c(CC2C(C)CC(C)CC2C)c2nc(-c3cccc(Cc4cc(C)ccc4C)c3)[nH]n12. The van der Waals surface area contributed by atoms with Gasteiger partial charge in [-0.15, -0.1) is 0 Å². The molecule has 2 atom stereocenters. The normalized spacial score (nSPS) is 20.0. The highest BCUT2D eigenvalue weighted by atomic mass is 16.5. The number of hydrogen-bond acceptors (Lipinski definition) is 4. The van der Waals surface area contributed by atoms with Crippen LogP contribution >= 0.6 is 0 Å². The molecule has 0 spiro atoms. The van der Waals surface area contributed by atoms with Gasteiger partial charge in [-0.3, -0.25) is 5.10 Å². The van der Waals surface area contributed by atoms with Gasteiger partial charge in [0.05, 0.1) is 7.11 Å². The molecule has 2 heterocycles. The lowest BCUT2D eigenvalue weighted by Gasteiger charge is -2.38. The summed E-state index contributed by atoms with van der Waals surface area (Å²) >= 11 is 0. The maximum Gasteiger partial charge on any atom is 0.348 e. The molecule has 0 bridgehead atoms. The van der Waals surface area contributed by atoms with Gasteiger partial charge < -0.3 is 9.47 Å². The zero-order valence-electron chi connectivity index (χ0n) is 27.6. The van der Waals surface area contributed by atoms with Crippen molar-refractivity contribution in [1.82, 2.24) is 14.6 Å². The summed E-state index contributed by atoms with van der Waals surface area (Å²) in [5.74, 6) is 3.75. The minimum Gasteiger partial charge on any atom is -0.496 e. The Kier molecular flexibility index (Phi) is 8.59. The first-order valence-electron chi connectivity index (χ1n) is 16.2. The number of benzene rings is 3. The average molecular weight is 604 g/mol. The standard InChI is InChI=1S/C39H45N3O3/c1-23-15-16-25(3)31(19-23)21-29-11-10-12-30(20-29)36-40-37-34(22-33-26(4)17-24(2)18-27(33)5)28(6)38(42(37)41-36)45-39(43)32-13-8-9-14-35(32)44-7/h8-16,19-20,24,26-27,33H,17-18,21-22H2,1-7H3,(H,40,41). The molecule has 234 valence electrons. The van der Waals surface area contributed by atoms with E-state index in [0.29, 0.717) is 34.9 Å². The molecule has 2 aromatic heterocycles. The first-order valence-corrected chi connectivity index (χ1v) is 16.2. The van der Waals surface area contributed by atoms with Crippen molar-refractivity contribution in [3.05, 3.63) is 106 Å². The van der Waals surface area contributed by atoms with Gasteiger partial charge in [0, 0.05) is 16.7 Å². The Hall–Kier alpha value is -4.32. The average Bonchev–Trinajstić information content (AvgIpc) is 3.55. The van der Waals surface area contributed by atoms with Gasteiger partial charge in [0.25, 0.3) is 0 Å². The zero-order valence-corrected chi connectivity index (χ0v) is 27.6. The molecule has 1 aliphatic carbocycles. The van der Waals surface area contributed by atoms with Gasteiger partial charge in [-0.25, -0.2) is 14.3 Å². The molecular weight excluding hydrogens is 558 g/mol. The van der Waals surface area contributed by atoms with Gasteiger partial charge in [0.2, 0.25) is 5.88 Å². The Balaban J connectivity index is 1.40. The van der Waals surface area contributed by atoms with Gasteiger partial charge >= 0.3 is 5.97 Å². The molecule has 5 aromatic rings. The number of fused-ring (bicyclic) bond motifs is 1. The molecule has 1 N–H and O–H groups in total. The number of para-hydroxylation sites is 1. The van der Waals surface area contributed by atoms with Crippen LogP contribution in [0.1, 0.15) is 77.4 Å². The smallest absolute Gasteiger partial charge is 0.348 e. The lowest BCUT2D eigenvalue weighted by Crippen LogP contribution is -2.30. The van der Waals surface area contributed by atoms with Crippen molar-refractivity contribution < 1.29 is 14.3 Å². The Morgan fingerprint density at radius 2 is 1.71 bits per heavy atom. The molecule has 0 radical (unpaired) electrons. The van der Waals surface area contributed by atoms with Crippen LogP contribution < -0.4 is 9.47 Å². The highest BCUT2D eigenvalue weighted by Crippen LogP contribution is 2.42. The second kappa shape index (κ2) is 12.6. The number of aromatic amines is 1. The van der Waals surface area contributed by atoms with Crippen molar-refractivity contribution in [2.75, 3.05) is 7.11 Å². The van der Waals surface area contributed by atoms with Crippen molar-refractivity contribution in [2.24, 2.45) is 23.7 Å². The molecule has 3 aromatic carbocycles. The van der Waals surface area contributed by atoms with Crippen LogP contribution in [0.3, 0.4) is 0 Å². The van der Waals surface area contributed by atoms with E-state index in [4.69, 9.17) is 14.5 Å². The van der Waals surface area contributed by atoms with Crippen LogP contribution in [-0.2, 0) is 12.8 Å².